The lowest BCUT2D eigenvalue weighted by molar-refractivity contribution is -0.140. The molecular formula is C12H15NO. The minimum absolute atomic E-state index is 0.124. The zero-order valence-electron chi connectivity index (χ0n) is 8.42. The van der Waals surface area contributed by atoms with Crippen molar-refractivity contribution in [3.05, 3.63) is 35.9 Å². The first-order valence-electron chi connectivity index (χ1n) is 5.09. The van der Waals surface area contributed by atoms with Gasteiger partial charge in [-0.2, -0.15) is 0 Å². The molecule has 1 saturated heterocycles. The van der Waals surface area contributed by atoms with Crippen molar-refractivity contribution in [2.75, 3.05) is 6.54 Å². The van der Waals surface area contributed by atoms with Crippen molar-refractivity contribution >= 4 is 5.91 Å². The highest BCUT2D eigenvalue weighted by molar-refractivity contribution is 5.88. The van der Waals surface area contributed by atoms with Crippen molar-refractivity contribution in [1.29, 1.82) is 0 Å². The number of rotatable bonds is 3. The first-order valence-corrected chi connectivity index (χ1v) is 5.09. The molecule has 1 aromatic rings. The molecule has 0 spiro atoms. The van der Waals surface area contributed by atoms with Crippen molar-refractivity contribution in [1.82, 2.24) is 5.32 Å². The van der Waals surface area contributed by atoms with Gasteiger partial charge in [0.25, 0.3) is 0 Å². The summed E-state index contributed by atoms with van der Waals surface area (Å²) in [5.74, 6) is 0.212. The van der Waals surface area contributed by atoms with Crippen LogP contribution in [-0.4, -0.2) is 12.5 Å². The molecule has 1 aliphatic rings. The molecule has 1 aliphatic heterocycles. The molecular weight excluding hydrogens is 174 g/mol. The third kappa shape index (κ3) is 1.41. The monoisotopic (exact) mass is 189 g/mol. The normalized spacial score (nSPS) is 25.4. The van der Waals surface area contributed by atoms with Gasteiger partial charge in [-0.05, 0) is 18.4 Å². The first-order chi connectivity index (χ1) is 6.77. The number of benzene rings is 1. The van der Waals surface area contributed by atoms with Gasteiger partial charge in [0.15, 0.2) is 0 Å². The van der Waals surface area contributed by atoms with Crippen LogP contribution in [0.5, 0.6) is 0 Å². The van der Waals surface area contributed by atoms with Crippen LogP contribution >= 0.6 is 0 Å². The van der Waals surface area contributed by atoms with E-state index in [1.165, 1.54) is 5.56 Å². The van der Waals surface area contributed by atoms with Crippen LogP contribution in [0, 0.1) is 5.41 Å². The number of amides is 1. The Bertz CT molecular complexity index is 329. The Morgan fingerprint density at radius 3 is 2.50 bits per heavy atom. The molecule has 1 aromatic carbocycles. The molecule has 2 heteroatoms. The maximum atomic E-state index is 11.5. The lowest BCUT2D eigenvalue weighted by atomic mass is 9.73. The molecule has 0 aromatic heterocycles. The number of β-lactam (4-membered cyclic amide) rings is 1. The average molecular weight is 189 g/mol. The van der Waals surface area contributed by atoms with Gasteiger partial charge in [0.05, 0.1) is 5.41 Å². The largest absolute Gasteiger partial charge is 0.354 e. The van der Waals surface area contributed by atoms with E-state index in [1.807, 2.05) is 18.2 Å². The lowest BCUT2D eigenvalue weighted by Gasteiger charge is -2.40. The molecule has 1 atom stereocenters. The summed E-state index contributed by atoms with van der Waals surface area (Å²) in [4.78, 5) is 11.5. The second kappa shape index (κ2) is 3.45. The van der Waals surface area contributed by atoms with Crippen LogP contribution in [0.2, 0.25) is 0 Å². The summed E-state index contributed by atoms with van der Waals surface area (Å²) in [7, 11) is 0. The van der Waals surface area contributed by atoms with Gasteiger partial charge in [-0.15, -0.1) is 0 Å². The van der Waals surface area contributed by atoms with E-state index in [4.69, 9.17) is 0 Å². The molecule has 74 valence electrons. The SMILES string of the molecule is CCC1(Cc2ccccc2)CNC1=O. The highest BCUT2D eigenvalue weighted by Crippen LogP contribution is 2.32. The second-order valence-corrected chi connectivity index (χ2v) is 3.98. The van der Waals surface area contributed by atoms with Crippen LogP contribution in [0.1, 0.15) is 18.9 Å². The molecule has 2 rings (SSSR count). The number of carbonyl (C=O) groups excluding carboxylic acids is 1. The molecule has 0 bridgehead atoms. The summed E-state index contributed by atoms with van der Waals surface area (Å²) in [5, 5.41) is 2.83. The fourth-order valence-corrected chi connectivity index (χ4v) is 1.95. The summed E-state index contributed by atoms with van der Waals surface area (Å²) in [6.07, 6.45) is 1.80. The van der Waals surface area contributed by atoms with Gasteiger partial charge >= 0.3 is 0 Å². The summed E-state index contributed by atoms with van der Waals surface area (Å²) in [6, 6.07) is 10.2. The van der Waals surface area contributed by atoms with Gasteiger partial charge in [-0.3, -0.25) is 4.79 Å². The number of hydrogen-bond donors (Lipinski definition) is 1. The molecule has 1 amide bonds. The Hall–Kier alpha value is -1.31. The Balaban J connectivity index is 2.13. The molecule has 1 fully saturated rings. The predicted octanol–water partition coefficient (Wildman–Crippen LogP) is 1.76. The smallest absolute Gasteiger partial charge is 0.228 e. The first kappa shape index (κ1) is 9.25. The Kier molecular flexibility index (Phi) is 2.28. The highest BCUT2D eigenvalue weighted by atomic mass is 16.2. The molecule has 14 heavy (non-hydrogen) atoms. The zero-order chi connectivity index (χ0) is 10.0. The van der Waals surface area contributed by atoms with E-state index in [0.29, 0.717) is 0 Å². The van der Waals surface area contributed by atoms with Gasteiger partial charge in [0, 0.05) is 6.54 Å². The van der Waals surface area contributed by atoms with Crippen molar-refractivity contribution < 1.29 is 4.79 Å². The number of hydrogen-bond acceptors (Lipinski definition) is 1. The maximum absolute atomic E-state index is 11.5. The Labute approximate surface area is 84.3 Å². The van der Waals surface area contributed by atoms with Crippen molar-refractivity contribution in [2.45, 2.75) is 19.8 Å². The van der Waals surface area contributed by atoms with E-state index >= 15 is 0 Å². The molecule has 1 heterocycles. The van der Waals surface area contributed by atoms with E-state index in [-0.39, 0.29) is 11.3 Å². The third-order valence-electron chi connectivity index (χ3n) is 3.13. The predicted molar refractivity (Wildman–Crippen MR) is 55.9 cm³/mol. The number of carbonyl (C=O) groups is 1. The fraction of sp³-hybridized carbons (Fsp3) is 0.417. The highest BCUT2D eigenvalue weighted by Gasteiger charge is 2.44. The Morgan fingerprint density at radius 1 is 1.36 bits per heavy atom. The molecule has 2 nitrogen and oxygen atoms in total. The summed E-state index contributed by atoms with van der Waals surface area (Å²) >= 11 is 0. The molecule has 1 unspecified atom stereocenters. The van der Waals surface area contributed by atoms with Gasteiger partial charge in [0.1, 0.15) is 0 Å². The van der Waals surface area contributed by atoms with Gasteiger partial charge in [-0.1, -0.05) is 37.3 Å². The van der Waals surface area contributed by atoms with E-state index < -0.39 is 0 Å². The van der Waals surface area contributed by atoms with Crippen molar-refractivity contribution in [3.63, 3.8) is 0 Å². The van der Waals surface area contributed by atoms with Gasteiger partial charge in [-0.25, -0.2) is 0 Å². The molecule has 0 saturated carbocycles. The van der Waals surface area contributed by atoms with Gasteiger partial charge in [0.2, 0.25) is 5.91 Å². The average Bonchev–Trinajstić information content (AvgIpc) is 2.25. The standard InChI is InChI=1S/C12H15NO/c1-2-12(9-13-11(12)14)8-10-6-4-3-5-7-10/h3-7H,2,8-9H2,1H3,(H,13,14). The molecule has 1 N–H and O–H groups in total. The quantitative estimate of drug-likeness (QED) is 0.721. The van der Waals surface area contributed by atoms with Crippen LogP contribution in [0.25, 0.3) is 0 Å². The van der Waals surface area contributed by atoms with Crippen molar-refractivity contribution in [2.24, 2.45) is 5.41 Å². The van der Waals surface area contributed by atoms with E-state index in [0.717, 1.165) is 19.4 Å². The van der Waals surface area contributed by atoms with Crippen LogP contribution in [0.4, 0.5) is 0 Å². The second-order valence-electron chi connectivity index (χ2n) is 3.98. The van der Waals surface area contributed by atoms with E-state index in [2.05, 4.69) is 24.4 Å². The maximum Gasteiger partial charge on any atom is 0.228 e. The summed E-state index contributed by atoms with van der Waals surface area (Å²) in [6.45, 7) is 2.92. The van der Waals surface area contributed by atoms with Crippen molar-refractivity contribution in [3.8, 4) is 0 Å². The minimum atomic E-state index is -0.124. The Morgan fingerprint density at radius 2 is 2.07 bits per heavy atom. The van der Waals surface area contributed by atoms with Crippen LogP contribution in [0.15, 0.2) is 30.3 Å². The van der Waals surface area contributed by atoms with E-state index in [1.54, 1.807) is 0 Å². The fourth-order valence-electron chi connectivity index (χ4n) is 1.95. The van der Waals surface area contributed by atoms with Gasteiger partial charge < -0.3 is 5.32 Å². The van der Waals surface area contributed by atoms with E-state index in [9.17, 15) is 4.79 Å². The summed E-state index contributed by atoms with van der Waals surface area (Å²) < 4.78 is 0. The molecule has 0 radical (unpaired) electrons. The molecule has 0 aliphatic carbocycles. The van der Waals surface area contributed by atoms with Crippen LogP contribution < -0.4 is 5.32 Å². The zero-order valence-corrected chi connectivity index (χ0v) is 8.42. The minimum Gasteiger partial charge on any atom is -0.354 e. The van der Waals surface area contributed by atoms with Crippen LogP contribution in [-0.2, 0) is 11.2 Å². The number of nitrogens with one attached hydrogen (secondary N) is 1. The third-order valence-corrected chi connectivity index (χ3v) is 3.13. The summed E-state index contributed by atoms with van der Waals surface area (Å²) in [5.41, 5.74) is 1.13. The lowest BCUT2D eigenvalue weighted by Crippen LogP contribution is -2.59. The van der Waals surface area contributed by atoms with Crippen LogP contribution in [0.3, 0.4) is 0 Å². The topological polar surface area (TPSA) is 29.1 Å².